The van der Waals surface area contributed by atoms with Crippen LogP contribution in [0.2, 0.25) is 0 Å². The van der Waals surface area contributed by atoms with Crippen LogP contribution in [-0.2, 0) is 9.53 Å². The molecule has 0 spiro atoms. The van der Waals surface area contributed by atoms with Crippen molar-refractivity contribution in [2.24, 2.45) is 5.92 Å². The lowest BCUT2D eigenvalue weighted by atomic mass is 9.82. The maximum atomic E-state index is 12.1. The lowest BCUT2D eigenvalue weighted by Gasteiger charge is -2.39. The average molecular weight is 495 g/mol. The molecular formula is C31H58O2S. The Morgan fingerprint density at radius 2 is 1.38 bits per heavy atom. The number of esters is 1. The van der Waals surface area contributed by atoms with Gasteiger partial charge in [0.2, 0.25) is 0 Å². The third kappa shape index (κ3) is 15.5. The minimum atomic E-state index is -0.00472. The van der Waals surface area contributed by atoms with E-state index in [1.807, 2.05) is 11.8 Å². The van der Waals surface area contributed by atoms with Gasteiger partial charge in [0.25, 0.3) is 0 Å². The highest BCUT2D eigenvalue weighted by Crippen LogP contribution is 2.44. The first-order valence-electron chi connectivity index (χ1n) is 15.0. The largest absolute Gasteiger partial charge is 0.466 e. The second kappa shape index (κ2) is 20.7. The van der Waals surface area contributed by atoms with Gasteiger partial charge in [-0.15, -0.1) is 0 Å². The molecule has 1 unspecified atom stereocenters. The Morgan fingerprint density at radius 1 is 0.882 bits per heavy atom. The normalized spacial score (nSPS) is 18.3. The number of ether oxygens (including phenoxy) is 1. The quantitative estimate of drug-likeness (QED) is 0.0850. The summed E-state index contributed by atoms with van der Waals surface area (Å²) in [6.45, 7) is 9.80. The van der Waals surface area contributed by atoms with Gasteiger partial charge in [-0.1, -0.05) is 129 Å². The van der Waals surface area contributed by atoms with Crippen LogP contribution < -0.4 is 0 Å². The van der Waals surface area contributed by atoms with Gasteiger partial charge in [0.05, 0.1) is 13.0 Å². The zero-order valence-corrected chi connectivity index (χ0v) is 24.3. The molecule has 0 amide bonds. The maximum absolute atomic E-state index is 12.1. The molecule has 0 heterocycles. The van der Waals surface area contributed by atoms with Gasteiger partial charge in [0, 0.05) is 10.5 Å². The summed E-state index contributed by atoms with van der Waals surface area (Å²) < 4.78 is 5.81. The minimum absolute atomic E-state index is 0.00472. The van der Waals surface area contributed by atoms with Crippen molar-refractivity contribution in [2.75, 3.05) is 12.4 Å². The summed E-state index contributed by atoms with van der Waals surface area (Å²) >= 11 is 2.00. The van der Waals surface area contributed by atoms with Crippen LogP contribution in [0, 0.1) is 5.92 Å². The van der Waals surface area contributed by atoms with Gasteiger partial charge < -0.3 is 4.74 Å². The standard InChI is InChI=1S/C31H58O2S/c1-5-6-7-8-9-10-11-12-13-14-15-16-17-18-19-20-26-33-30(32)23-27-34-31(28(2)3)24-21-29(4)22-25-31/h21,28H,5-20,22-27H2,1-4H3. The van der Waals surface area contributed by atoms with E-state index in [0.717, 1.165) is 18.6 Å². The molecule has 0 radical (unpaired) electrons. The molecule has 0 aromatic rings. The van der Waals surface area contributed by atoms with Gasteiger partial charge >= 0.3 is 5.97 Å². The Kier molecular flexibility index (Phi) is 19.3. The molecule has 0 bridgehead atoms. The van der Waals surface area contributed by atoms with Crippen molar-refractivity contribution in [1.29, 1.82) is 0 Å². The summed E-state index contributed by atoms with van der Waals surface area (Å²) in [5.74, 6) is 1.53. The first-order chi connectivity index (χ1) is 16.5. The molecule has 1 rings (SSSR count). The molecule has 2 nitrogen and oxygen atoms in total. The van der Waals surface area contributed by atoms with Crippen molar-refractivity contribution in [3.05, 3.63) is 11.6 Å². The number of hydrogen-bond acceptors (Lipinski definition) is 3. The van der Waals surface area contributed by atoms with Crippen LogP contribution in [0.25, 0.3) is 0 Å². The van der Waals surface area contributed by atoms with Crippen LogP contribution in [0.1, 0.15) is 156 Å². The zero-order valence-electron chi connectivity index (χ0n) is 23.4. The predicted molar refractivity (Wildman–Crippen MR) is 153 cm³/mol. The van der Waals surface area contributed by atoms with E-state index in [9.17, 15) is 4.79 Å². The van der Waals surface area contributed by atoms with E-state index in [-0.39, 0.29) is 5.97 Å². The molecule has 0 aliphatic heterocycles. The van der Waals surface area contributed by atoms with Crippen LogP contribution >= 0.6 is 11.8 Å². The van der Waals surface area contributed by atoms with Crippen molar-refractivity contribution in [2.45, 2.75) is 161 Å². The summed E-state index contributed by atoms with van der Waals surface area (Å²) in [6, 6.07) is 0. The van der Waals surface area contributed by atoms with Gasteiger partial charge in [-0.05, 0) is 38.5 Å². The van der Waals surface area contributed by atoms with Gasteiger partial charge in [0.15, 0.2) is 0 Å². The first-order valence-corrected chi connectivity index (χ1v) is 15.9. The van der Waals surface area contributed by atoms with E-state index in [2.05, 4.69) is 33.8 Å². The number of rotatable bonds is 22. The van der Waals surface area contributed by atoms with E-state index in [0.29, 0.717) is 23.7 Å². The van der Waals surface area contributed by atoms with Crippen LogP contribution in [0.4, 0.5) is 0 Å². The molecule has 3 heteroatoms. The fraction of sp³-hybridized carbons (Fsp3) is 0.903. The van der Waals surface area contributed by atoms with Gasteiger partial charge in [0.1, 0.15) is 0 Å². The van der Waals surface area contributed by atoms with Crippen LogP contribution in [0.15, 0.2) is 11.6 Å². The van der Waals surface area contributed by atoms with Crippen molar-refractivity contribution >= 4 is 17.7 Å². The Bertz CT molecular complexity index is 528. The summed E-state index contributed by atoms with van der Waals surface area (Å²) in [4.78, 5) is 12.1. The summed E-state index contributed by atoms with van der Waals surface area (Å²) in [5.41, 5.74) is 1.52. The molecule has 0 N–H and O–H groups in total. The molecule has 1 atom stereocenters. The highest BCUT2D eigenvalue weighted by atomic mass is 32.2. The first kappa shape index (κ1) is 31.6. The fourth-order valence-corrected chi connectivity index (χ4v) is 6.48. The summed E-state index contributed by atoms with van der Waals surface area (Å²) in [7, 11) is 0. The molecule has 0 aromatic carbocycles. The number of unbranched alkanes of at least 4 members (excludes halogenated alkanes) is 15. The molecule has 1 aliphatic carbocycles. The molecule has 1 aliphatic rings. The van der Waals surface area contributed by atoms with Gasteiger partial charge in [-0.3, -0.25) is 4.79 Å². The molecule has 0 aromatic heterocycles. The Hall–Kier alpha value is -0.440. The van der Waals surface area contributed by atoms with Crippen LogP contribution in [0.3, 0.4) is 0 Å². The van der Waals surface area contributed by atoms with Gasteiger partial charge in [-0.25, -0.2) is 0 Å². The van der Waals surface area contributed by atoms with Crippen LogP contribution in [0.5, 0.6) is 0 Å². The van der Waals surface area contributed by atoms with Crippen molar-refractivity contribution in [1.82, 2.24) is 0 Å². The lowest BCUT2D eigenvalue weighted by molar-refractivity contribution is -0.143. The number of allylic oxidation sites excluding steroid dienone is 2. The third-order valence-electron chi connectivity index (χ3n) is 7.75. The Balaban J connectivity index is 1.87. The van der Waals surface area contributed by atoms with Crippen molar-refractivity contribution < 1.29 is 9.53 Å². The molecular weight excluding hydrogens is 436 g/mol. The van der Waals surface area contributed by atoms with Gasteiger partial charge in [-0.2, -0.15) is 11.8 Å². The second-order valence-corrected chi connectivity index (χ2v) is 12.6. The van der Waals surface area contributed by atoms with Crippen LogP contribution in [-0.4, -0.2) is 23.1 Å². The second-order valence-electron chi connectivity index (χ2n) is 11.1. The SMILES string of the molecule is CCCCCCCCCCCCCCCCCCOC(=O)CCSC1(C(C)C)CC=C(C)CC1. The van der Waals surface area contributed by atoms with E-state index in [4.69, 9.17) is 4.74 Å². The lowest BCUT2D eigenvalue weighted by Crippen LogP contribution is -2.33. The maximum Gasteiger partial charge on any atom is 0.306 e. The highest BCUT2D eigenvalue weighted by Gasteiger charge is 2.35. The molecule has 200 valence electrons. The van der Waals surface area contributed by atoms with Crippen molar-refractivity contribution in [3.63, 3.8) is 0 Å². The number of carbonyl (C=O) groups is 1. The molecule has 0 saturated carbocycles. The highest BCUT2D eigenvalue weighted by molar-refractivity contribution is 8.00. The molecule has 0 saturated heterocycles. The number of hydrogen-bond donors (Lipinski definition) is 0. The number of thioether (sulfide) groups is 1. The topological polar surface area (TPSA) is 26.3 Å². The minimum Gasteiger partial charge on any atom is -0.466 e. The average Bonchev–Trinajstić information content (AvgIpc) is 2.82. The molecule has 34 heavy (non-hydrogen) atoms. The van der Waals surface area contributed by atoms with E-state index < -0.39 is 0 Å². The van der Waals surface area contributed by atoms with Crippen molar-refractivity contribution in [3.8, 4) is 0 Å². The zero-order chi connectivity index (χ0) is 24.9. The number of carbonyl (C=O) groups excluding carboxylic acids is 1. The third-order valence-corrected chi connectivity index (χ3v) is 9.57. The smallest absolute Gasteiger partial charge is 0.306 e. The van der Waals surface area contributed by atoms with E-state index >= 15 is 0 Å². The predicted octanol–water partition coefficient (Wildman–Crippen LogP) is 10.4. The summed E-state index contributed by atoms with van der Waals surface area (Å²) in [6.07, 6.45) is 28.5. The monoisotopic (exact) mass is 494 g/mol. The van der Waals surface area contributed by atoms with E-state index in [1.165, 1.54) is 115 Å². The Labute approximate surface area is 217 Å². The summed E-state index contributed by atoms with van der Waals surface area (Å²) in [5, 5.41) is 0. The molecule has 0 fully saturated rings. The fourth-order valence-electron chi connectivity index (χ4n) is 5.03. The van der Waals surface area contributed by atoms with E-state index in [1.54, 1.807) is 0 Å². The Morgan fingerprint density at radius 3 is 1.82 bits per heavy atom.